The molecule has 2 aliphatic rings. The van der Waals surface area contributed by atoms with Crippen molar-refractivity contribution in [1.82, 2.24) is 9.88 Å². The molecule has 5 heteroatoms. The zero-order valence-electron chi connectivity index (χ0n) is 13.9. The lowest BCUT2D eigenvalue weighted by Gasteiger charge is -2.53. The smallest absolute Gasteiger partial charge is 0.254 e. The molecule has 1 amide bonds. The van der Waals surface area contributed by atoms with E-state index in [1.165, 1.54) is 0 Å². The normalized spacial score (nSPS) is 22.5. The van der Waals surface area contributed by atoms with Crippen molar-refractivity contribution in [3.63, 3.8) is 0 Å². The Morgan fingerprint density at radius 1 is 1.38 bits per heavy atom. The van der Waals surface area contributed by atoms with Crippen molar-refractivity contribution in [3.05, 3.63) is 42.1 Å². The van der Waals surface area contributed by atoms with Crippen LogP contribution < -0.4 is 0 Å². The zero-order valence-corrected chi connectivity index (χ0v) is 13.9. The molecule has 3 heterocycles. The molecule has 0 N–H and O–H groups in total. The molecule has 2 fully saturated rings. The monoisotopic (exact) mass is 326 g/mol. The van der Waals surface area contributed by atoms with Gasteiger partial charge in [-0.2, -0.15) is 0 Å². The number of fused-ring (bicyclic) bond motifs is 1. The van der Waals surface area contributed by atoms with Gasteiger partial charge < -0.3 is 14.4 Å². The third-order valence-electron chi connectivity index (χ3n) is 4.97. The van der Waals surface area contributed by atoms with Crippen LogP contribution in [-0.4, -0.2) is 53.8 Å². The third kappa shape index (κ3) is 2.68. The van der Waals surface area contributed by atoms with Crippen LogP contribution in [0, 0.1) is 0 Å². The van der Waals surface area contributed by atoms with E-state index in [2.05, 4.69) is 4.98 Å². The van der Waals surface area contributed by atoms with Crippen LogP contribution in [-0.2, 0) is 9.47 Å². The summed E-state index contributed by atoms with van der Waals surface area (Å²) in [6.07, 6.45) is 3.77. The molecule has 1 aromatic heterocycles. The topological polar surface area (TPSA) is 51.7 Å². The van der Waals surface area contributed by atoms with E-state index in [1.54, 1.807) is 12.3 Å². The molecule has 2 aromatic rings. The van der Waals surface area contributed by atoms with Crippen molar-refractivity contribution < 1.29 is 14.3 Å². The van der Waals surface area contributed by atoms with Crippen molar-refractivity contribution >= 4 is 16.8 Å². The molecule has 0 bridgehead atoms. The molecule has 126 valence electrons. The fourth-order valence-corrected chi connectivity index (χ4v) is 3.83. The molecule has 1 aromatic carbocycles. The van der Waals surface area contributed by atoms with Crippen LogP contribution in [0.1, 0.15) is 30.1 Å². The summed E-state index contributed by atoms with van der Waals surface area (Å²) in [6.45, 7) is 4.75. The zero-order chi connectivity index (χ0) is 16.6. The summed E-state index contributed by atoms with van der Waals surface area (Å²) in [5, 5.41) is 0.905. The molecule has 1 unspecified atom stereocenters. The molecule has 1 atom stereocenters. The highest BCUT2D eigenvalue weighted by Crippen LogP contribution is 2.36. The second-order valence-corrected chi connectivity index (χ2v) is 6.64. The summed E-state index contributed by atoms with van der Waals surface area (Å²) in [7, 11) is 0. The minimum absolute atomic E-state index is 0.0568. The molecule has 4 rings (SSSR count). The molecule has 24 heavy (non-hydrogen) atoms. The third-order valence-corrected chi connectivity index (χ3v) is 4.97. The van der Waals surface area contributed by atoms with Gasteiger partial charge >= 0.3 is 0 Å². The van der Waals surface area contributed by atoms with Gasteiger partial charge in [-0.25, -0.2) is 0 Å². The number of rotatable bonds is 3. The molecule has 5 nitrogen and oxygen atoms in total. The Labute approximate surface area is 141 Å². The number of amides is 1. The van der Waals surface area contributed by atoms with E-state index in [1.807, 2.05) is 36.1 Å². The molecular formula is C19H22N2O3. The van der Waals surface area contributed by atoms with Gasteiger partial charge in [0.2, 0.25) is 0 Å². The summed E-state index contributed by atoms with van der Waals surface area (Å²) in [4.78, 5) is 19.1. The Hall–Kier alpha value is -1.98. The number of pyridine rings is 1. The highest BCUT2D eigenvalue weighted by atomic mass is 16.5. The van der Waals surface area contributed by atoms with Crippen LogP contribution in [0.25, 0.3) is 10.9 Å². The second kappa shape index (κ2) is 6.15. The first-order valence-corrected chi connectivity index (χ1v) is 8.59. The number of hydrogen-bond acceptors (Lipinski definition) is 4. The van der Waals surface area contributed by atoms with Crippen LogP contribution in [0.3, 0.4) is 0 Å². The van der Waals surface area contributed by atoms with Gasteiger partial charge in [-0.05, 0) is 25.5 Å². The van der Waals surface area contributed by atoms with Gasteiger partial charge in [-0.15, -0.1) is 0 Å². The quantitative estimate of drug-likeness (QED) is 0.870. The van der Waals surface area contributed by atoms with Gasteiger partial charge in [0, 0.05) is 31.2 Å². The van der Waals surface area contributed by atoms with E-state index in [4.69, 9.17) is 9.47 Å². The Morgan fingerprint density at radius 2 is 2.21 bits per heavy atom. The Morgan fingerprint density at radius 3 is 3.04 bits per heavy atom. The van der Waals surface area contributed by atoms with Crippen LogP contribution in [0.5, 0.6) is 0 Å². The van der Waals surface area contributed by atoms with E-state index in [-0.39, 0.29) is 17.6 Å². The molecular weight excluding hydrogens is 304 g/mol. The molecule has 0 saturated carbocycles. The van der Waals surface area contributed by atoms with Gasteiger partial charge in [0.25, 0.3) is 5.91 Å². The maximum atomic E-state index is 12.9. The van der Waals surface area contributed by atoms with Crippen LogP contribution >= 0.6 is 0 Å². The summed E-state index contributed by atoms with van der Waals surface area (Å²) in [5.41, 5.74) is 1.35. The number of aromatic nitrogens is 1. The van der Waals surface area contributed by atoms with E-state index >= 15 is 0 Å². The van der Waals surface area contributed by atoms with E-state index in [0.29, 0.717) is 25.3 Å². The van der Waals surface area contributed by atoms with E-state index < -0.39 is 0 Å². The lowest BCUT2D eigenvalue weighted by Crippen LogP contribution is -2.67. The van der Waals surface area contributed by atoms with Crippen molar-refractivity contribution in [2.45, 2.75) is 31.5 Å². The predicted molar refractivity (Wildman–Crippen MR) is 91.0 cm³/mol. The minimum Gasteiger partial charge on any atom is -0.378 e. The number of nitrogens with zero attached hydrogens (tertiary/aromatic N) is 2. The first kappa shape index (κ1) is 15.5. The number of para-hydroxylation sites is 1. The fourth-order valence-electron chi connectivity index (χ4n) is 3.83. The molecule has 2 saturated heterocycles. The maximum Gasteiger partial charge on any atom is 0.254 e. The number of hydrogen-bond donors (Lipinski definition) is 0. The highest BCUT2D eigenvalue weighted by molar-refractivity contribution is 6.06. The van der Waals surface area contributed by atoms with Gasteiger partial charge in [0.15, 0.2) is 0 Å². The lowest BCUT2D eigenvalue weighted by molar-refractivity contribution is -0.185. The number of ether oxygens (including phenoxy) is 2. The number of carbonyl (C=O) groups is 1. The Balaban J connectivity index is 1.49. The summed E-state index contributed by atoms with van der Waals surface area (Å²) >= 11 is 0. The lowest BCUT2D eigenvalue weighted by atomic mass is 9.84. The van der Waals surface area contributed by atoms with Gasteiger partial charge in [0.05, 0.1) is 30.3 Å². The second-order valence-electron chi connectivity index (χ2n) is 6.64. The number of carbonyl (C=O) groups excluding carboxylic acids is 1. The minimum atomic E-state index is -0.212. The van der Waals surface area contributed by atoms with Gasteiger partial charge in [-0.3, -0.25) is 9.78 Å². The van der Waals surface area contributed by atoms with E-state index in [0.717, 1.165) is 30.4 Å². The summed E-state index contributed by atoms with van der Waals surface area (Å²) in [5.74, 6) is 0.0568. The van der Waals surface area contributed by atoms with Crippen LogP contribution in [0.4, 0.5) is 0 Å². The summed E-state index contributed by atoms with van der Waals surface area (Å²) < 4.78 is 11.8. The molecule has 1 spiro atoms. The van der Waals surface area contributed by atoms with Crippen molar-refractivity contribution in [2.24, 2.45) is 0 Å². The number of benzene rings is 1. The highest BCUT2D eigenvalue weighted by Gasteiger charge is 2.49. The molecule has 0 radical (unpaired) electrons. The first-order chi connectivity index (χ1) is 11.7. The molecule has 2 aliphatic heterocycles. The van der Waals surface area contributed by atoms with Crippen molar-refractivity contribution in [1.29, 1.82) is 0 Å². The number of likely N-dealkylation sites (tertiary alicyclic amines) is 1. The first-order valence-electron chi connectivity index (χ1n) is 8.59. The largest absolute Gasteiger partial charge is 0.378 e. The van der Waals surface area contributed by atoms with Gasteiger partial charge in [-0.1, -0.05) is 18.2 Å². The maximum absolute atomic E-state index is 12.9. The SMILES string of the molecule is CCOC1CCOC2(C1)CN(C(=O)c1ccnc3ccccc13)C2. The summed E-state index contributed by atoms with van der Waals surface area (Å²) in [6, 6.07) is 9.57. The molecule has 0 aliphatic carbocycles. The standard InChI is InChI=1S/C19H22N2O3/c1-2-23-14-8-10-24-19(11-14)12-21(13-19)18(22)16-7-9-20-17-6-4-3-5-15(16)17/h3-7,9,14H,2,8,10-13H2,1H3. The van der Waals surface area contributed by atoms with Gasteiger partial charge in [0.1, 0.15) is 5.60 Å². The van der Waals surface area contributed by atoms with Crippen LogP contribution in [0.15, 0.2) is 36.5 Å². The average molecular weight is 326 g/mol. The van der Waals surface area contributed by atoms with Crippen molar-refractivity contribution in [2.75, 3.05) is 26.3 Å². The fraction of sp³-hybridized carbons (Fsp3) is 0.474. The van der Waals surface area contributed by atoms with E-state index in [9.17, 15) is 4.79 Å². The van der Waals surface area contributed by atoms with Crippen molar-refractivity contribution in [3.8, 4) is 0 Å². The van der Waals surface area contributed by atoms with Crippen LogP contribution in [0.2, 0.25) is 0 Å². The predicted octanol–water partition coefficient (Wildman–Crippen LogP) is 2.64. The Bertz CT molecular complexity index is 748. The Kier molecular flexibility index (Phi) is 3.98. The average Bonchev–Trinajstić information content (AvgIpc) is 2.59.